The normalized spacial score (nSPS) is 53.0. The van der Waals surface area contributed by atoms with Gasteiger partial charge in [0.1, 0.15) is 0 Å². The summed E-state index contributed by atoms with van der Waals surface area (Å²) in [5.74, 6) is 4.79. The lowest BCUT2D eigenvalue weighted by atomic mass is 9.48. The molecule has 5 aliphatic rings. The molecular formula is C24H38O3. The van der Waals surface area contributed by atoms with Gasteiger partial charge in [-0.2, -0.15) is 0 Å². The summed E-state index contributed by atoms with van der Waals surface area (Å²) < 4.78 is 5.25. The second kappa shape index (κ2) is 5.97. The van der Waals surface area contributed by atoms with Crippen molar-refractivity contribution in [2.75, 3.05) is 7.11 Å². The molecule has 0 aromatic carbocycles. The van der Waals surface area contributed by atoms with Crippen LogP contribution in [0.3, 0.4) is 0 Å². The number of esters is 1. The molecule has 0 unspecified atom stereocenters. The van der Waals surface area contributed by atoms with Gasteiger partial charge >= 0.3 is 5.97 Å². The Morgan fingerprint density at radius 1 is 0.889 bits per heavy atom. The van der Waals surface area contributed by atoms with Gasteiger partial charge in [0, 0.05) is 0 Å². The van der Waals surface area contributed by atoms with Crippen LogP contribution in [0.4, 0.5) is 0 Å². The van der Waals surface area contributed by atoms with Crippen molar-refractivity contribution in [3.05, 3.63) is 0 Å². The molecule has 27 heavy (non-hydrogen) atoms. The summed E-state index contributed by atoms with van der Waals surface area (Å²) in [4.78, 5) is 12.6. The summed E-state index contributed by atoms with van der Waals surface area (Å²) in [6, 6.07) is 0. The third-order valence-corrected chi connectivity index (χ3v) is 10.3. The van der Waals surface area contributed by atoms with Crippen LogP contribution < -0.4 is 0 Å². The Bertz CT molecular complexity index is 621. The number of aliphatic hydroxyl groups is 1. The summed E-state index contributed by atoms with van der Waals surface area (Å²) in [6.07, 6.45) is 13.3. The van der Waals surface area contributed by atoms with Crippen molar-refractivity contribution in [3.8, 4) is 0 Å². The Morgan fingerprint density at radius 3 is 2.33 bits per heavy atom. The van der Waals surface area contributed by atoms with Crippen LogP contribution in [0.2, 0.25) is 0 Å². The van der Waals surface area contributed by atoms with E-state index in [1.807, 2.05) is 0 Å². The van der Waals surface area contributed by atoms with E-state index in [4.69, 9.17) is 4.74 Å². The highest BCUT2D eigenvalue weighted by atomic mass is 16.5. The highest BCUT2D eigenvalue weighted by Gasteiger charge is 2.67. The topological polar surface area (TPSA) is 46.5 Å². The fourth-order valence-electron chi connectivity index (χ4n) is 9.02. The molecule has 0 bridgehead atoms. The van der Waals surface area contributed by atoms with E-state index >= 15 is 0 Å². The number of rotatable bonds is 2. The molecule has 152 valence electrons. The van der Waals surface area contributed by atoms with Crippen molar-refractivity contribution < 1.29 is 14.6 Å². The molecule has 0 aromatic heterocycles. The summed E-state index contributed by atoms with van der Waals surface area (Å²) >= 11 is 0. The van der Waals surface area contributed by atoms with Gasteiger partial charge in [-0.05, 0) is 118 Å². The minimum absolute atomic E-state index is 0.0784. The highest BCUT2D eigenvalue weighted by Crippen LogP contribution is 2.71. The smallest absolute Gasteiger partial charge is 0.312 e. The lowest BCUT2D eigenvalue weighted by molar-refractivity contribution is -0.154. The van der Waals surface area contributed by atoms with Crippen LogP contribution in [-0.4, -0.2) is 23.8 Å². The largest absolute Gasteiger partial charge is 0.469 e. The first-order chi connectivity index (χ1) is 12.8. The molecule has 5 rings (SSSR count). The number of hydrogen-bond acceptors (Lipinski definition) is 3. The molecule has 3 nitrogen and oxygen atoms in total. The zero-order chi connectivity index (χ0) is 19.0. The first-order valence-corrected chi connectivity index (χ1v) is 11.6. The molecule has 5 fully saturated rings. The predicted octanol–water partition coefficient (Wildman–Crippen LogP) is 4.96. The minimum Gasteiger partial charge on any atom is -0.469 e. The first kappa shape index (κ1) is 18.5. The maximum absolute atomic E-state index is 12.6. The van der Waals surface area contributed by atoms with Gasteiger partial charge in [-0.3, -0.25) is 4.79 Å². The van der Waals surface area contributed by atoms with Gasteiger partial charge in [-0.15, -0.1) is 0 Å². The third-order valence-electron chi connectivity index (χ3n) is 10.3. The molecule has 5 saturated carbocycles. The Kier molecular flexibility index (Phi) is 4.08. The molecule has 0 amide bonds. The van der Waals surface area contributed by atoms with Crippen molar-refractivity contribution in [2.24, 2.45) is 46.3 Å². The molecule has 0 radical (unpaired) electrons. The van der Waals surface area contributed by atoms with E-state index in [1.165, 1.54) is 44.9 Å². The third kappa shape index (κ3) is 2.59. The number of hydrogen-bond donors (Lipinski definition) is 1. The molecule has 0 saturated heterocycles. The van der Waals surface area contributed by atoms with E-state index < -0.39 is 5.60 Å². The van der Waals surface area contributed by atoms with Crippen molar-refractivity contribution in [2.45, 2.75) is 90.1 Å². The standard InChI is InChI=1S/C24H38O3/c1-22(26)10-8-16-15(14-22)4-5-18-17(16)9-11-23(2)19(18)6-7-20(23)24(12-13-24)21(25)27-3/h15-20,26H,4-14H2,1-3H3/t15-,16+,17-,18-,19+,20+,22-,23+/m1/s1. The summed E-state index contributed by atoms with van der Waals surface area (Å²) in [5, 5.41) is 10.6. The van der Waals surface area contributed by atoms with E-state index in [2.05, 4.69) is 13.8 Å². The predicted molar refractivity (Wildman–Crippen MR) is 105 cm³/mol. The van der Waals surface area contributed by atoms with E-state index in [9.17, 15) is 9.90 Å². The van der Waals surface area contributed by atoms with Crippen LogP contribution in [0.25, 0.3) is 0 Å². The number of ether oxygens (including phenoxy) is 1. The van der Waals surface area contributed by atoms with E-state index in [-0.39, 0.29) is 11.4 Å². The van der Waals surface area contributed by atoms with Gasteiger partial charge in [-0.1, -0.05) is 6.92 Å². The Hall–Kier alpha value is -0.570. The van der Waals surface area contributed by atoms with Gasteiger partial charge in [0.15, 0.2) is 0 Å². The number of carbonyl (C=O) groups is 1. The molecule has 5 aliphatic carbocycles. The second-order valence-electron chi connectivity index (χ2n) is 11.5. The lowest BCUT2D eigenvalue weighted by Crippen LogP contribution is -2.51. The molecular weight excluding hydrogens is 336 g/mol. The number of carbonyl (C=O) groups excluding carboxylic acids is 1. The van der Waals surface area contributed by atoms with Gasteiger partial charge in [0.2, 0.25) is 0 Å². The van der Waals surface area contributed by atoms with Crippen molar-refractivity contribution >= 4 is 5.97 Å². The van der Waals surface area contributed by atoms with Crippen LogP contribution in [0.5, 0.6) is 0 Å². The SMILES string of the molecule is COC(=O)C1([C@H]2CC[C@H]3[C@@H]4CC[C@@H]5C[C@](C)(O)CC[C@@H]5[C@H]4CC[C@]23C)CC1. The summed E-state index contributed by atoms with van der Waals surface area (Å²) in [7, 11) is 1.58. The van der Waals surface area contributed by atoms with E-state index in [0.29, 0.717) is 11.3 Å². The number of fused-ring (bicyclic) bond motifs is 5. The zero-order valence-electron chi connectivity index (χ0n) is 17.5. The van der Waals surface area contributed by atoms with E-state index in [0.717, 1.165) is 55.3 Å². The Balaban J connectivity index is 1.37. The molecule has 0 spiro atoms. The molecule has 8 atom stereocenters. The maximum atomic E-state index is 12.6. The van der Waals surface area contributed by atoms with Gasteiger partial charge in [0.25, 0.3) is 0 Å². The molecule has 0 heterocycles. The van der Waals surface area contributed by atoms with Crippen molar-refractivity contribution in [1.29, 1.82) is 0 Å². The maximum Gasteiger partial charge on any atom is 0.312 e. The fourth-order valence-corrected chi connectivity index (χ4v) is 9.02. The number of methoxy groups -OCH3 is 1. The van der Waals surface area contributed by atoms with Crippen LogP contribution in [0.15, 0.2) is 0 Å². The van der Waals surface area contributed by atoms with Crippen molar-refractivity contribution in [1.82, 2.24) is 0 Å². The van der Waals surface area contributed by atoms with Gasteiger partial charge < -0.3 is 9.84 Å². The fraction of sp³-hybridized carbons (Fsp3) is 0.958. The van der Waals surface area contributed by atoms with Crippen molar-refractivity contribution in [3.63, 3.8) is 0 Å². The average molecular weight is 375 g/mol. The average Bonchev–Trinajstić information content (AvgIpc) is 3.35. The molecule has 3 heteroatoms. The lowest BCUT2D eigenvalue weighted by Gasteiger charge is -2.57. The molecule has 1 N–H and O–H groups in total. The molecule has 0 aromatic rings. The second-order valence-corrected chi connectivity index (χ2v) is 11.5. The highest BCUT2D eigenvalue weighted by molar-refractivity contribution is 5.80. The van der Waals surface area contributed by atoms with Crippen LogP contribution in [0, 0.1) is 46.3 Å². The van der Waals surface area contributed by atoms with Crippen LogP contribution in [0.1, 0.15) is 84.5 Å². The summed E-state index contributed by atoms with van der Waals surface area (Å²) in [5.41, 5.74) is -0.209. The Morgan fingerprint density at radius 2 is 1.63 bits per heavy atom. The van der Waals surface area contributed by atoms with E-state index in [1.54, 1.807) is 7.11 Å². The van der Waals surface area contributed by atoms with Gasteiger partial charge in [-0.25, -0.2) is 0 Å². The zero-order valence-corrected chi connectivity index (χ0v) is 17.5. The monoisotopic (exact) mass is 374 g/mol. The molecule has 0 aliphatic heterocycles. The van der Waals surface area contributed by atoms with Crippen LogP contribution in [-0.2, 0) is 9.53 Å². The van der Waals surface area contributed by atoms with Gasteiger partial charge in [0.05, 0.1) is 18.1 Å². The quantitative estimate of drug-likeness (QED) is 0.695. The van der Waals surface area contributed by atoms with Crippen LogP contribution >= 0.6 is 0 Å². The Labute approximate surface area is 164 Å². The first-order valence-electron chi connectivity index (χ1n) is 11.6. The minimum atomic E-state index is -0.422. The summed E-state index contributed by atoms with van der Waals surface area (Å²) in [6.45, 7) is 4.59.